The summed E-state index contributed by atoms with van der Waals surface area (Å²) in [6.07, 6.45) is 4.40. The van der Waals surface area contributed by atoms with E-state index >= 15 is 0 Å². The summed E-state index contributed by atoms with van der Waals surface area (Å²) in [5, 5.41) is 2.93. The zero-order valence-electron chi connectivity index (χ0n) is 13.3. The van der Waals surface area contributed by atoms with Crippen LogP contribution >= 0.6 is 0 Å². The minimum Gasteiger partial charge on any atom is -0.376 e. The zero-order chi connectivity index (χ0) is 15.9. The van der Waals surface area contributed by atoms with Crippen LogP contribution in [-0.2, 0) is 19.1 Å². The Morgan fingerprint density at radius 1 is 1.27 bits per heavy atom. The van der Waals surface area contributed by atoms with E-state index in [9.17, 15) is 9.59 Å². The van der Waals surface area contributed by atoms with Gasteiger partial charge >= 0.3 is 0 Å². The molecule has 22 heavy (non-hydrogen) atoms. The van der Waals surface area contributed by atoms with Crippen molar-refractivity contribution < 1.29 is 19.1 Å². The van der Waals surface area contributed by atoms with Gasteiger partial charge in [0.15, 0.2) is 6.10 Å². The summed E-state index contributed by atoms with van der Waals surface area (Å²) in [7, 11) is 0. The third-order valence-electron chi connectivity index (χ3n) is 4.38. The average Bonchev–Trinajstić information content (AvgIpc) is 2.57. The second kappa shape index (κ2) is 8.29. The SMILES string of the molecule is C=CC(=O)NC1CCC(N(CC)C(=O)[C@@H]2COCCO2)CC1. The highest BCUT2D eigenvalue weighted by atomic mass is 16.6. The molecule has 1 aliphatic heterocycles. The number of amides is 2. The van der Waals surface area contributed by atoms with E-state index in [1.807, 2.05) is 11.8 Å². The van der Waals surface area contributed by atoms with Gasteiger partial charge in [-0.2, -0.15) is 0 Å². The number of carbonyl (C=O) groups excluding carboxylic acids is 2. The molecule has 0 unspecified atom stereocenters. The van der Waals surface area contributed by atoms with Gasteiger partial charge in [0.05, 0.1) is 19.8 Å². The topological polar surface area (TPSA) is 67.9 Å². The minimum absolute atomic E-state index is 0.0285. The molecule has 0 spiro atoms. The highest BCUT2D eigenvalue weighted by molar-refractivity contribution is 5.87. The van der Waals surface area contributed by atoms with E-state index in [0.29, 0.717) is 26.4 Å². The molecule has 0 aromatic carbocycles. The van der Waals surface area contributed by atoms with Crippen LogP contribution in [0.25, 0.3) is 0 Å². The first-order chi connectivity index (χ1) is 10.7. The molecule has 0 bridgehead atoms. The van der Waals surface area contributed by atoms with Crippen molar-refractivity contribution >= 4 is 11.8 Å². The average molecular weight is 310 g/mol. The van der Waals surface area contributed by atoms with Crippen LogP contribution in [0.1, 0.15) is 32.6 Å². The summed E-state index contributed by atoms with van der Waals surface area (Å²) in [5.41, 5.74) is 0. The van der Waals surface area contributed by atoms with Crippen LogP contribution in [0.4, 0.5) is 0 Å². The van der Waals surface area contributed by atoms with Gasteiger partial charge in [-0.25, -0.2) is 0 Å². The van der Waals surface area contributed by atoms with Crippen LogP contribution in [0.15, 0.2) is 12.7 Å². The highest BCUT2D eigenvalue weighted by Gasteiger charge is 2.33. The molecule has 0 radical (unpaired) electrons. The van der Waals surface area contributed by atoms with Crippen LogP contribution in [0.3, 0.4) is 0 Å². The van der Waals surface area contributed by atoms with E-state index in [1.165, 1.54) is 6.08 Å². The summed E-state index contributed by atoms with van der Waals surface area (Å²) in [5.74, 6) is -0.0968. The number of hydrogen-bond acceptors (Lipinski definition) is 4. The maximum Gasteiger partial charge on any atom is 0.254 e. The Labute approximate surface area is 131 Å². The molecule has 2 amide bonds. The van der Waals surface area contributed by atoms with Gasteiger partial charge in [-0.15, -0.1) is 0 Å². The molecule has 6 heteroatoms. The maximum atomic E-state index is 12.6. The van der Waals surface area contributed by atoms with E-state index in [-0.39, 0.29) is 23.9 Å². The second-order valence-corrected chi connectivity index (χ2v) is 5.78. The predicted octanol–water partition coefficient (Wildman–Crippen LogP) is 0.864. The van der Waals surface area contributed by atoms with Crippen molar-refractivity contribution in [1.29, 1.82) is 0 Å². The molecule has 2 rings (SSSR count). The van der Waals surface area contributed by atoms with E-state index in [2.05, 4.69) is 11.9 Å². The van der Waals surface area contributed by atoms with Gasteiger partial charge in [-0.1, -0.05) is 6.58 Å². The number of carbonyl (C=O) groups is 2. The molecule has 2 aliphatic rings. The maximum absolute atomic E-state index is 12.6. The van der Waals surface area contributed by atoms with Crippen molar-refractivity contribution in [3.05, 3.63) is 12.7 Å². The standard InChI is InChI=1S/C16H26N2O4/c1-3-15(19)17-12-5-7-13(8-6-12)18(4-2)16(20)14-11-21-9-10-22-14/h3,12-14H,1,4-11H2,2H3,(H,17,19)/t12?,13?,14-/m0/s1. The number of hydrogen-bond donors (Lipinski definition) is 1. The van der Waals surface area contributed by atoms with Crippen LogP contribution in [0.5, 0.6) is 0 Å². The van der Waals surface area contributed by atoms with Crippen molar-refractivity contribution in [1.82, 2.24) is 10.2 Å². The largest absolute Gasteiger partial charge is 0.376 e. The molecule has 2 fully saturated rings. The Morgan fingerprint density at radius 2 is 2.00 bits per heavy atom. The van der Waals surface area contributed by atoms with Gasteiger partial charge in [0.1, 0.15) is 0 Å². The monoisotopic (exact) mass is 310 g/mol. The van der Waals surface area contributed by atoms with Crippen LogP contribution in [-0.4, -0.2) is 61.3 Å². The van der Waals surface area contributed by atoms with E-state index in [0.717, 1.165) is 25.7 Å². The third kappa shape index (κ3) is 4.30. The highest BCUT2D eigenvalue weighted by Crippen LogP contribution is 2.24. The zero-order valence-corrected chi connectivity index (χ0v) is 13.3. The number of ether oxygens (including phenoxy) is 2. The molecule has 0 aromatic heterocycles. The quantitative estimate of drug-likeness (QED) is 0.765. The fourth-order valence-electron chi connectivity index (χ4n) is 3.20. The van der Waals surface area contributed by atoms with Gasteiger partial charge in [-0.3, -0.25) is 9.59 Å². The summed E-state index contributed by atoms with van der Waals surface area (Å²) in [6, 6.07) is 0.407. The van der Waals surface area contributed by atoms with Gasteiger partial charge in [0.2, 0.25) is 5.91 Å². The van der Waals surface area contributed by atoms with Crippen LogP contribution in [0, 0.1) is 0 Å². The van der Waals surface area contributed by atoms with E-state index < -0.39 is 6.10 Å². The normalized spacial score (nSPS) is 28.7. The first-order valence-corrected chi connectivity index (χ1v) is 8.08. The summed E-state index contributed by atoms with van der Waals surface area (Å²) in [6.45, 7) is 7.52. The summed E-state index contributed by atoms with van der Waals surface area (Å²) >= 11 is 0. The van der Waals surface area contributed by atoms with Crippen molar-refractivity contribution in [3.63, 3.8) is 0 Å². The molecule has 124 valence electrons. The number of likely N-dealkylation sites (N-methyl/N-ethyl adjacent to an activating group) is 1. The Morgan fingerprint density at radius 3 is 2.55 bits per heavy atom. The van der Waals surface area contributed by atoms with Gasteiger partial charge < -0.3 is 19.7 Å². The van der Waals surface area contributed by atoms with Crippen molar-refractivity contribution in [3.8, 4) is 0 Å². The summed E-state index contributed by atoms with van der Waals surface area (Å²) in [4.78, 5) is 25.8. The van der Waals surface area contributed by atoms with Crippen molar-refractivity contribution in [2.45, 2.75) is 50.8 Å². The fraction of sp³-hybridized carbons (Fsp3) is 0.750. The first-order valence-electron chi connectivity index (χ1n) is 8.08. The Bertz CT molecular complexity index is 399. The lowest BCUT2D eigenvalue weighted by Gasteiger charge is -2.38. The Balaban J connectivity index is 1.85. The molecule has 1 heterocycles. The van der Waals surface area contributed by atoms with Gasteiger partial charge in [-0.05, 0) is 38.7 Å². The number of nitrogens with one attached hydrogen (secondary N) is 1. The first kappa shape index (κ1) is 17.0. The summed E-state index contributed by atoms with van der Waals surface area (Å²) < 4.78 is 10.8. The molecule has 1 aliphatic carbocycles. The molecule has 0 aromatic rings. The third-order valence-corrected chi connectivity index (χ3v) is 4.38. The Kier molecular flexibility index (Phi) is 6.39. The van der Waals surface area contributed by atoms with Gasteiger partial charge in [0.25, 0.3) is 5.91 Å². The molecule has 1 N–H and O–H groups in total. The lowest BCUT2D eigenvalue weighted by molar-refractivity contribution is -0.160. The molecule has 6 nitrogen and oxygen atoms in total. The molecule has 1 saturated heterocycles. The molecular weight excluding hydrogens is 284 g/mol. The lowest BCUT2D eigenvalue weighted by atomic mass is 9.89. The van der Waals surface area contributed by atoms with E-state index in [4.69, 9.17) is 9.47 Å². The van der Waals surface area contributed by atoms with Crippen LogP contribution in [0.2, 0.25) is 0 Å². The lowest BCUT2D eigenvalue weighted by Crippen LogP contribution is -2.51. The number of rotatable bonds is 5. The Hall–Kier alpha value is -1.40. The molecular formula is C16H26N2O4. The van der Waals surface area contributed by atoms with Crippen molar-refractivity contribution in [2.24, 2.45) is 0 Å². The van der Waals surface area contributed by atoms with E-state index in [1.54, 1.807) is 0 Å². The van der Waals surface area contributed by atoms with Crippen LogP contribution < -0.4 is 5.32 Å². The second-order valence-electron chi connectivity index (χ2n) is 5.78. The molecule has 1 atom stereocenters. The predicted molar refractivity (Wildman–Crippen MR) is 82.3 cm³/mol. The molecule has 1 saturated carbocycles. The number of nitrogens with zero attached hydrogens (tertiary/aromatic N) is 1. The van der Waals surface area contributed by atoms with Crippen molar-refractivity contribution in [2.75, 3.05) is 26.4 Å². The fourth-order valence-corrected chi connectivity index (χ4v) is 3.20. The van der Waals surface area contributed by atoms with Gasteiger partial charge in [0, 0.05) is 18.6 Å². The smallest absolute Gasteiger partial charge is 0.254 e. The minimum atomic E-state index is -0.466.